The van der Waals surface area contributed by atoms with E-state index < -0.39 is 11.6 Å². The molecule has 3 aromatic rings. The van der Waals surface area contributed by atoms with Gasteiger partial charge in [-0.05, 0) is 58.2 Å². The van der Waals surface area contributed by atoms with Gasteiger partial charge in [-0.2, -0.15) is 5.10 Å². The molecule has 0 atom stereocenters. The number of hydrogen-bond donors (Lipinski definition) is 0. The number of nitrogens with zero attached hydrogens (tertiary/aromatic N) is 4. The second-order valence-corrected chi connectivity index (χ2v) is 10.1. The van der Waals surface area contributed by atoms with Crippen molar-refractivity contribution in [1.82, 2.24) is 19.1 Å². The molecule has 0 saturated carbocycles. The van der Waals surface area contributed by atoms with E-state index in [9.17, 15) is 14.4 Å². The van der Waals surface area contributed by atoms with Crippen molar-refractivity contribution >= 4 is 17.7 Å². The highest BCUT2D eigenvalue weighted by molar-refractivity contribution is 5.95. The summed E-state index contributed by atoms with van der Waals surface area (Å²) in [6.07, 6.45) is 2.40. The van der Waals surface area contributed by atoms with Crippen LogP contribution in [0, 0.1) is 0 Å². The normalized spacial score (nSPS) is 14.6. The van der Waals surface area contributed by atoms with Crippen LogP contribution in [0.15, 0.2) is 41.3 Å². The Morgan fingerprint density at radius 1 is 1.11 bits per heavy atom. The van der Waals surface area contributed by atoms with Crippen molar-refractivity contribution in [3.8, 4) is 5.75 Å². The second kappa shape index (κ2) is 10.7. The van der Waals surface area contributed by atoms with Crippen LogP contribution in [0.1, 0.15) is 68.1 Å². The first-order chi connectivity index (χ1) is 17.6. The van der Waals surface area contributed by atoms with Crippen LogP contribution in [0.25, 0.3) is 5.65 Å². The van der Waals surface area contributed by atoms with Gasteiger partial charge in [0, 0.05) is 25.1 Å². The largest absolute Gasteiger partial charge is 0.497 e. The summed E-state index contributed by atoms with van der Waals surface area (Å²) in [5.74, 6) is 0.169. The van der Waals surface area contributed by atoms with Gasteiger partial charge in [-0.15, -0.1) is 0 Å². The zero-order valence-corrected chi connectivity index (χ0v) is 22.0. The van der Waals surface area contributed by atoms with Crippen molar-refractivity contribution in [3.05, 3.63) is 63.7 Å². The highest BCUT2D eigenvalue weighted by Crippen LogP contribution is 2.29. The van der Waals surface area contributed by atoms with E-state index in [0.29, 0.717) is 43.0 Å². The molecule has 0 radical (unpaired) electrons. The number of hydrogen-bond acceptors (Lipinski definition) is 7. The number of amides is 1. The number of ether oxygens (including phenoxy) is 3. The van der Waals surface area contributed by atoms with Gasteiger partial charge in [0.05, 0.1) is 32.2 Å². The van der Waals surface area contributed by atoms with Crippen LogP contribution in [-0.4, -0.2) is 63.6 Å². The lowest BCUT2D eigenvalue weighted by Crippen LogP contribution is -2.41. The summed E-state index contributed by atoms with van der Waals surface area (Å²) in [6.45, 7) is 8.72. The average Bonchev–Trinajstić information content (AvgIpc) is 3.30. The molecule has 0 aliphatic carbocycles. The molecule has 37 heavy (non-hydrogen) atoms. The van der Waals surface area contributed by atoms with E-state index in [1.165, 1.54) is 6.20 Å². The van der Waals surface area contributed by atoms with Crippen LogP contribution in [0.5, 0.6) is 5.75 Å². The van der Waals surface area contributed by atoms with Gasteiger partial charge in [0.25, 0.3) is 5.56 Å². The smallest absolute Gasteiger partial charge is 0.410 e. The van der Waals surface area contributed by atoms with Gasteiger partial charge in [0.2, 0.25) is 0 Å². The lowest BCUT2D eigenvalue weighted by molar-refractivity contribution is 0.0203. The molecular formula is C27H34N4O6. The summed E-state index contributed by atoms with van der Waals surface area (Å²) in [5, 5.41) is 4.50. The van der Waals surface area contributed by atoms with Gasteiger partial charge in [0.1, 0.15) is 16.9 Å². The highest BCUT2D eigenvalue weighted by Gasteiger charge is 2.30. The molecule has 0 bridgehead atoms. The maximum Gasteiger partial charge on any atom is 0.410 e. The van der Waals surface area contributed by atoms with Crippen molar-refractivity contribution in [1.29, 1.82) is 0 Å². The summed E-state index contributed by atoms with van der Waals surface area (Å²) in [4.78, 5) is 40.4. The van der Waals surface area contributed by atoms with Crippen LogP contribution in [0.4, 0.5) is 4.79 Å². The van der Waals surface area contributed by atoms with E-state index in [4.69, 9.17) is 14.2 Å². The predicted molar refractivity (Wildman–Crippen MR) is 137 cm³/mol. The van der Waals surface area contributed by atoms with E-state index in [2.05, 4.69) is 5.10 Å². The van der Waals surface area contributed by atoms with Crippen LogP contribution >= 0.6 is 0 Å². The first-order valence-corrected chi connectivity index (χ1v) is 12.5. The van der Waals surface area contributed by atoms with Crippen LogP contribution in [-0.2, 0) is 16.0 Å². The molecule has 4 rings (SSSR count). The van der Waals surface area contributed by atoms with Crippen molar-refractivity contribution in [2.75, 3.05) is 26.8 Å². The Labute approximate surface area is 215 Å². The van der Waals surface area contributed by atoms with Crippen LogP contribution in [0.2, 0.25) is 0 Å². The monoisotopic (exact) mass is 510 g/mol. The minimum atomic E-state index is -0.562. The molecule has 10 nitrogen and oxygen atoms in total. The number of piperidine rings is 1. The molecule has 1 saturated heterocycles. The number of carbonyl (C=O) groups is 2. The van der Waals surface area contributed by atoms with Crippen LogP contribution in [0.3, 0.4) is 0 Å². The van der Waals surface area contributed by atoms with E-state index in [1.807, 2.05) is 45.0 Å². The fraction of sp³-hybridized carbons (Fsp3) is 0.481. The van der Waals surface area contributed by atoms with Gasteiger partial charge in [0.15, 0.2) is 5.65 Å². The third-order valence-electron chi connectivity index (χ3n) is 6.34. The molecule has 1 aliphatic rings. The lowest BCUT2D eigenvalue weighted by Gasteiger charge is -2.33. The number of benzene rings is 1. The Balaban J connectivity index is 1.68. The predicted octanol–water partition coefficient (Wildman–Crippen LogP) is 3.84. The Morgan fingerprint density at radius 2 is 1.78 bits per heavy atom. The van der Waals surface area contributed by atoms with Crippen molar-refractivity contribution in [2.45, 2.75) is 58.6 Å². The number of likely N-dealkylation sites (tertiary alicyclic amines) is 1. The molecule has 0 N–H and O–H groups in total. The average molecular weight is 511 g/mol. The van der Waals surface area contributed by atoms with Gasteiger partial charge in [-0.3, -0.25) is 9.36 Å². The molecule has 198 valence electrons. The molecule has 1 fully saturated rings. The molecular weight excluding hydrogens is 476 g/mol. The number of aromatic nitrogens is 3. The Morgan fingerprint density at radius 3 is 2.38 bits per heavy atom. The Hall–Kier alpha value is -3.82. The lowest BCUT2D eigenvalue weighted by atomic mass is 9.93. The minimum absolute atomic E-state index is 0.0144. The van der Waals surface area contributed by atoms with E-state index >= 15 is 0 Å². The van der Waals surface area contributed by atoms with E-state index in [1.54, 1.807) is 34.1 Å². The summed E-state index contributed by atoms with van der Waals surface area (Å²) < 4.78 is 19.2. The third kappa shape index (κ3) is 5.79. The molecule has 0 spiro atoms. The summed E-state index contributed by atoms with van der Waals surface area (Å²) >= 11 is 0. The second-order valence-electron chi connectivity index (χ2n) is 10.1. The zero-order valence-electron chi connectivity index (χ0n) is 22.0. The molecule has 3 heterocycles. The number of carbonyl (C=O) groups excluding carboxylic acids is 2. The van der Waals surface area contributed by atoms with E-state index in [-0.39, 0.29) is 36.3 Å². The third-order valence-corrected chi connectivity index (χ3v) is 6.34. The SMILES string of the molecule is CCOC(=O)c1cnn2c(C3CCN(C(=O)OC(C)(C)C)CC3)cc(=O)n(Cc3ccc(OC)cc3)c12. The maximum absolute atomic E-state index is 13.4. The Bertz CT molecular complexity index is 1330. The van der Waals surface area contributed by atoms with Crippen molar-refractivity contribution in [2.24, 2.45) is 0 Å². The van der Waals surface area contributed by atoms with E-state index in [0.717, 1.165) is 5.56 Å². The van der Waals surface area contributed by atoms with Gasteiger partial charge in [-0.25, -0.2) is 14.1 Å². The zero-order chi connectivity index (χ0) is 26.7. The fourth-order valence-corrected chi connectivity index (χ4v) is 4.55. The van der Waals surface area contributed by atoms with Gasteiger partial charge < -0.3 is 19.1 Å². The quantitative estimate of drug-likeness (QED) is 0.464. The molecule has 1 aromatic carbocycles. The minimum Gasteiger partial charge on any atom is -0.497 e. The summed E-state index contributed by atoms with van der Waals surface area (Å²) in [5.41, 5.74) is 1.42. The first kappa shape index (κ1) is 26.2. The number of rotatable bonds is 6. The molecule has 1 aliphatic heterocycles. The van der Waals surface area contributed by atoms with Crippen molar-refractivity contribution < 1.29 is 23.8 Å². The van der Waals surface area contributed by atoms with Crippen molar-refractivity contribution in [3.63, 3.8) is 0 Å². The Kier molecular flexibility index (Phi) is 7.56. The summed E-state index contributed by atoms with van der Waals surface area (Å²) in [7, 11) is 1.59. The standard InChI is InChI=1S/C27H34N4O6/c1-6-36-25(33)21-16-28-31-22(19-11-13-29(14-12-19)26(34)37-27(2,3)4)15-23(32)30(24(21)31)17-18-7-9-20(35-5)10-8-18/h7-10,15-16,19H,6,11-14,17H2,1-5H3. The number of esters is 1. The maximum atomic E-state index is 13.4. The topological polar surface area (TPSA) is 104 Å². The molecule has 1 amide bonds. The fourth-order valence-electron chi connectivity index (χ4n) is 4.55. The first-order valence-electron chi connectivity index (χ1n) is 12.5. The van der Waals surface area contributed by atoms with Gasteiger partial charge in [-0.1, -0.05) is 12.1 Å². The number of methoxy groups -OCH3 is 1. The molecule has 0 unspecified atom stereocenters. The van der Waals surface area contributed by atoms with Gasteiger partial charge >= 0.3 is 12.1 Å². The molecule has 10 heteroatoms. The highest BCUT2D eigenvalue weighted by atomic mass is 16.6. The van der Waals surface area contributed by atoms with Crippen LogP contribution < -0.4 is 10.3 Å². The molecule has 2 aromatic heterocycles. The number of fused-ring (bicyclic) bond motifs is 1. The summed E-state index contributed by atoms with van der Waals surface area (Å²) in [6, 6.07) is 9.00.